The van der Waals surface area contributed by atoms with Gasteiger partial charge in [-0.25, -0.2) is 0 Å². The van der Waals surface area contributed by atoms with Crippen LogP contribution in [0.2, 0.25) is 0 Å². The van der Waals surface area contributed by atoms with Crippen LogP contribution in [0.1, 0.15) is 13.3 Å². The van der Waals surface area contributed by atoms with Crippen molar-refractivity contribution in [3.63, 3.8) is 0 Å². The molecule has 4 nitrogen and oxygen atoms in total. The van der Waals surface area contributed by atoms with Crippen LogP contribution in [0.3, 0.4) is 0 Å². The fourth-order valence-corrected chi connectivity index (χ4v) is 2.67. The molecule has 1 aliphatic carbocycles. The van der Waals surface area contributed by atoms with Gasteiger partial charge in [0.2, 0.25) is 0 Å². The van der Waals surface area contributed by atoms with Crippen molar-refractivity contribution in [2.75, 3.05) is 20.2 Å². The molecule has 1 fully saturated rings. The molecule has 3 rings (SSSR count). The van der Waals surface area contributed by atoms with Crippen LogP contribution in [0.15, 0.2) is 59.6 Å². The maximum absolute atomic E-state index is 5.98. The number of aliphatic imine (C=N–C) groups is 1. The zero-order valence-electron chi connectivity index (χ0n) is 14.7. The largest absolute Gasteiger partial charge is 0.491 e. The lowest BCUT2D eigenvalue weighted by Gasteiger charge is -2.14. The fourth-order valence-electron chi connectivity index (χ4n) is 2.67. The number of para-hydroxylation sites is 1. The van der Waals surface area contributed by atoms with E-state index in [9.17, 15) is 0 Å². The Morgan fingerprint density at radius 2 is 1.80 bits per heavy atom. The van der Waals surface area contributed by atoms with Crippen LogP contribution in [-0.4, -0.2) is 32.2 Å². The molecule has 2 N–H and O–H groups in total. The Kier molecular flexibility index (Phi) is 7.55. The second-order valence-electron chi connectivity index (χ2n) is 6.17. The molecule has 0 aromatic heterocycles. The molecular weight excluding hydrogens is 425 g/mol. The predicted octanol–water partition coefficient (Wildman–Crippen LogP) is 3.92. The summed E-state index contributed by atoms with van der Waals surface area (Å²) in [5.74, 6) is 2.51. The first-order valence-corrected chi connectivity index (χ1v) is 8.52. The van der Waals surface area contributed by atoms with E-state index in [0.717, 1.165) is 23.2 Å². The van der Waals surface area contributed by atoms with E-state index in [1.165, 1.54) is 12.0 Å². The van der Waals surface area contributed by atoms with Crippen LogP contribution in [0.5, 0.6) is 5.75 Å². The van der Waals surface area contributed by atoms with E-state index in [-0.39, 0.29) is 24.0 Å². The third-order valence-corrected chi connectivity index (χ3v) is 4.28. The first kappa shape index (κ1) is 19.6. The molecule has 0 spiro atoms. The summed E-state index contributed by atoms with van der Waals surface area (Å²) in [7, 11) is 1.80. The number of ether oxygens (including phenoxy) is 1. The van der Waals surface area contributed by atoms with E-state index < -0.39 is 0 Å². The lowest BCUT2D eigenvalue weighted by Crippen LogP contribution is -2.40. The topological polar surface area (TPSA) is 45.7 Å². The number of rotatable bonds is 6. The van der Waals surface area contributed by atoms with E-state index in [0.29, 0.717) is 19.2 Å². The van der Waals surface area contributed by atoms with Gasteiger partial charge in [-0.2, -0.15) is 0 Å². The number of hydrogen-bond donors (Lipinski definition) is 2. The molecule has 0 bridgehead atoms. The molecule has 0 amide bonds. The second kappa shape index (κ2) is 9.65. The summed E-state index contributed by atoms with van der Waals surface area (Å²) in [5.41, 5.74) is 2.29. The van der Waals surface area contributed by atoms with Gasteiger partial charge < -0.3 is 15.4 Å². The average molecular weight is 451 g/mol. The highest BCUT2D eigenvalue weighted by Gasteiger charge is 2.33. The third-order valence-electron chi connectivity index (χ3n) is 4.28. The quantitative estimate of drug-likeness (QED) is 0.303. The normalized spacial score (nSPS) is 18.9. The minimum absolute atomic E-state index is 0. The highest BCUT2D eigenvalue weighted by Crippen LogP contribution is 2.29. The van der Waals surface area contributed by atoms with E-state index in [2.05, 4.69) is 40.7 Å². The Bertz CT molecular complexity index is 690. The van der Waals surface area contributed by atoms with Crippen molar-refractivity contribution < 1.29 is 4.74 Å². The molecule has 1 saturated carbocycles. The van der Waals surface area contributed by atoms with Crippen LogP contribution in [0.4, 0.5) is 0 Å². The van der Waals surface area contributed by atoms with E-state index in [1.54, 1.807) is 7.05 Å². The number of hydrogen-bond acceptors (Lipinski definition) is 2. The molecule has 134 valence electrons. The van der Waals surface area contributed by atoms with Crippen molar-refractivity contribution in [1.29, 1.82) is 0 Å². The minimum atomic E-state index is 0. The van der Waals surface area contributed by atoms with Gasteiger partial charge in [0, 0.05) is 18.7 Å². The van der Waals surface area contributed by atoms with E-state index >= 15 is 0 Å². The number of halogens is 1. The van der Waals surface area contributed by atoms with E-state index in [4.69, 9.17) is 4.74 Å². The summed E-state index contributed by atoms with van der Waals surface area (Å²) in [5, 5.41) is 6.71. The summed E-state index contributed by atoms with van der Waals surface area (Å²) in [4.78, 5) is 4.25. The summed E-state index contributed by atoms with van der Waals surface area (Å²) < 4.78 is 5.98. The SMILES string of the molecule is CN=C(NCCOc1ccccc1-c1ccccc1)NC1CC1C.I. The van der Waals surface area contributed by atoms with Crippen LogP contribution >= 0.6 is 24.0 Å². The third kappa shape index (κ3) is 5.63. The lowest BCUT2D eigenvalue weighted by molar-refractivity contribution is 0.323. The van der Waals surface area contributed by atoms with Crippen molar-refractivity contribution in [3.8, 4) is 16.9 Å². The molecular formula is C20H26IN3O. The van der Waals surface area contributed by atoms with E-state index in [1.807, 2.05) is 36.4 Å². The Labute approximate surface area is 167 Å². The fraction of sp³-hybridized carbons (Fsp3) is 0.350. The molecule has 2 unspecified atom stereocenters. The van der Waals surface area contributed by atoms with Crippen LogP contribution in [0, 0.1) is 5.92 Å². The number of nitrogens with one attached hydrogen (secondary N) is 2. The summed E-state index contributed by atoms with van der Waals surface area (Å²) in [6.45, 7) is 3.54. The lowest BCUT2D eigenvalue weighted by atomic mass is 10.1. The van der Waals surface area contributed by atoms with Crippen molar-refractivity contribution in [3.05, 3.63) is 54.6 Å². The Morgan fingerprint density at radius 3 is 2.48 bits per heavy atom. The Balaban J connectivity index is 0.00000225. The maximum Gasteiger partial charge on any atom is 0.191 e. The molecule has 1 aliphatic rings. The van der Waals surface area contributed by atoms with Crippen molar-refractivity contribution in [2.24, 2.45) is 10.9 Å². The summed E-state index contributed by atoms with van der Waals surface area (Å²) in [6.07, 6.45) is 1.22. The van der Waals surface area contributed by atoms with Gasteiger partial charge in [0.1, 0.15) is 12.4 Å². The van der Waals surface area contributed by atoms with Crippen LogP contribution in [-0.2, 0) is 0 Å². The van der Waals surface area contributed by atoms with Gasteiger partial charge in [-0.1, -0.05) is 55.5 Å². The highest BCUT2D eigenvalue weighted by molar-refractivity contribution is 14.0. The monoisotopic (exact) mass is 451 g/mol. The summed E-state index contributed by atoms with van der Waals surface area (Å²) in [6, 6.07) is 19.0. The molecule has 0 radical (unpaired) electrons. The minimum Gasteiger partial charge on any atom is -0.491 e. The second-order valence-corrected chi connectivity index (χ2v) is 6.17. The van der Waals surface area contributed by atoms with Gasteiger partial charge in [-0.05, 0) is 24.0 Å². The molecule has 0 heterocycles. The number of guanidine groups is 1. The van der Waals surface area contributed by atoms with Gasteiger partial charge in [0.05, 0.1) is 6.54 Å². The van der Waals surface area contributed by atoms with Gasteiger partial charge in [0.15, 0.2) is 5.96 Å². The smallest absolute Gasteiger partial charge is 0.191 e. The zero-order chi connectivity index (χ0) is 16.8. The van der Waals surface area contributed by atoms with Crippen molar-refractivity contribution in [2.45, 2.75) is 19.4 Å². The molecule has 0 saturated heterocycles. The van der Waals surface area contributed by atoms with Crippen LogP contribution in [0.25, 0.3) is 11.1 Å². The number of benzene rings is 2. The molecule has 5 heteroatoms. The van der Waals surface area contributed by atoms with Gasteiger partial charge in [-0.15, -0.1) is 24.0 Å². The Hall–Kier alpha value is -1.76. The first-order valence-electron chi connectivity index (χ1n) is 8.52. The number of nitrogens with zero attached hydrogens (tertiary/aromatic N) is 1. The Morgan fingerprint density at radius 1 is 1.12 bits per heavy atom. The van der Waals surface area contributed by atoms with Crippen molar-refractivity contribution >= 4 is 29.9 Å². The molecule has 0 aliphatic heterocycles. The molecule has 2 aromatic carbocycles. The molecule has 25 heavy (non-hydrogen) atoms. The summed E-state index contributed by atoms with van der Waals surface area (Å²) >= 11 is 0. The molecule has 2 atom stereocenters. The standard InChI is InChI=1S/C20H25N3O.HI/c1-15-14-18(15)23-20(21-2)22-12-13-24-19-11-7-6-10-17(19)16-8-4-3-5-9-16;/h3-11,15,18H,12-14H2,1-2H3,(H2,21,22,23);1H. The van der Waals surface area contributed by atoms with Gasteiger partial charge in [-0.3, -0.25) is 4.99 Å². The zero-order valence-corrected chi connectivity index (χ0v) is 17.1. The first-order chi connectivity index (χ1) is 11.8. The van der Waals surface area contributed by atoms with Gasteiger partial charge in [0.25, 0.3) is 0 Å². The highest BCUT2D eigenvalue weighted by atomic mass is 127. The van der Waals surface area contributed by atoms with Crippen molar-refractivity contribution in [1.82, 2.24) is 10.6 Å². The maximum atomic E-state index is 5.98. The average Bonchev–Trinajstić information content (AvgIpc) is 3.33. The predicted molar refractivity (Wildman–Crippen MR) is 115 cm³/mol. The molecule has 2 aromatic rings. The van der Waals surface area contributed by atoms with Gasteiger partial charge >= 0.3 is 0 Å². The van der Waals surface area contributed by atoms with Crippen LogP contribution < -0.4 is 15.4 Å².